The zero-order valence-electron chi connectivity index (χ0n) is 32.8. The van der Waals surface area contributed by atoms with Crippen LogP contribution in [0, 0.1) is 28.6 Å². The molecule has 0 saturated heterocycles. The molecule has 6 aliphatic rings. The van der Waals surface area contributed by atoms with Gasteiger partial charge in [0.15, 0.2) is 5.78 Å². The van der Waals surface area contributed by atoms with Gasteiger partial charge in [-0.05, 0) is 120 Å². The number of esters is 1. The molecule has 278 valence electrons. The summed E-state index contributed by atoms with van der Waals surface area (Å²) in [6, 6.07) is 1.78. The number of fused-ring (bicyclic) bond motifs is 11. The van der Waals surface area contributed by atoms with Crippen molar-refractivity contribution in [3.05, 3.63) is 76.0 Å². The SMILES string of the molecule is C=C(C)[C@H]1C(=O)c2c3c(cc4c5c(n1c24)[C@@]1(C)C(CCC2[C@](C)(/C=C/C=C(\C)CC(=O)OC)C(O)CC[C@@]21C)C5)C1=CC(C)(C)OC(C)(C)C1C3O. The van der Waals surface area contributed by atoms with Crippen LogP contribution in [0.5, 0.6) is 0 Å². The van der Waals surface area contributed by atoms with Crippen LogP contribution in [0.3, 0.4) is 0 Å². The summed E-state index contributed by atoms with van der Waals surface area (Å²) in [5, 5.41) is 25.1. The molecule has 0 bridgehead atoms. The van der Waals surface area contributed by atoms with Crippen LogP contribution < -0.4 is 0 Å². The lowest BCUT2D eigenvalue weighted by atomic mass is 9.40. The Balaban J connectivity index is 1.32. The van der Waals surface area contributed by atoms with Gasteiger partial charge in [-0.15, -0.1) is 0 Å². The first-order valence-corrected chi connectivity index (χ1v) is 19.4. The highest BCUT2D eigenvalue weighted by molar-refractivity contribution is 6.18. The van der Waals surface area contributed by atoms with E-state index in [1.54, 1.807) is 0 Å². The lowest BCUT2D eigenvalue weighted by Crippen LogP contribution is -2.62. The van der Waals surface area contributed by atoms with Gasteiger partial charge in [-0.25, -0.2) is 0 Å². The molecule has 4 aliphatic carbocycles. The predicted molar refractivity (Wildman–Crippen MR) is 204 cm³/mol. The molecule has 9 atom stereocenters. The Hall–Kier alpha value is -3.26. The number of hydrogen-bond donors (Lipinski definition) is 2. The van der Waals surface area contributed by atoms with Crippen LogP contribution in [-0.4, -0.2) is 50.9 Å². The van der Waals surface area contributed by atoms with E-state index in [-0.39, 0.29) is 40.8 Å². The van der Waals surface area contributed by atoms with Crippen molar-refractivity contribution in [2.75, 3.05) is 7.11 Å². The Morgan fingerprint density at radius 3 is 2.48 bits per heavy atom. The summed E-state index contributed by atoms with van der Waals surface area (Å²) in [7, 11) is 1.41. The maximum Gasteiger partial charge on any atom is 0.309 e. The molecule has 2 N–H and O–H groups in total. The maximum atomic E-state index is 14.9. The molecule has 8 rings (SSSR count). The van der Waals surface area contributed by atoms with Gasteiger partial charge in [0, 0.05) is 33.4 Å². The van der Waals surface area contributed by atoms with Gasteiger partial charge in [-0.1, -0.05) is 56.7 Å². The summed E-state index contributed by atoms with van der Waals surface area (Å²) in [6.07, 6.45) is 11.8. The molecule has 52 heavy (non-hydrogen) atoms. The number of allylic oxidation sites excluding steroid dienone is 3. The van der Waals surface area contributed by atoms with Gasteiger partial charge in [0.25, 0.3) is 0 Å². The van der Waals surface area contributed by atoms with E-state index in [4.69, 9.17) is 9.47 Å². The molecule has 1 aromatic carbocycles. The maximum absolute atomic E-state index is 14.9. The number of methoxy groups -OCH3 is 1. The molecule has 1 aromatic heterocycles. The third kappa shape index (κ3) is 4.42. The highest BCUT2D eigenvalue weighted by atomic mass is 16.5. The van der Waals surface area contributed by atoms with Crippen molar-refractivity contribution in [3.63, 3.8) is 0 Å². The Morgan fingerprint density at radius 1 is 1.10 bits per heavy atom. The highest BCUT2D eigenvalue weighted by Gasteiger charge is 2.67. The molecule has 0 radical (unpaired) electrons. The number of carbonyl (C=O) groups excluding carboxylic acids is 2. The standard InChI is InChI=1S/C45H57NO6/c1-23(2)36-39(50)34-33-26(29-22-41(4,5)52-42(6,7)35(29)38(33)49)21-27-28-20-25-14-15-30-43(8,17-12-13-24(3)19-32(48)51-11)31(47)16-18-44(30,9)45(25,10)40(28)46(36)37(27)34/h12-13,17,21-22,25,30-31,35-36,38,47,49H,1,14-16,18-20H2,2-11H3/b17-12+,24-13+/t25?,30?,31?,35?,36-,38?,43-,44-,45+/m0/s1. The van der Waals surface area contributed by atoms with Gasteiger partial charge in [0.2, 0.25) is 0 Å². The molecule has 2 fully saturated rings. The summed E-state index contributed by atoms with van der Waals surface area (Å²) >= 11 is 0. The Bertz CT molecular complexity index is 2060. The first-order chi connectivity index (χ1) is 24.2. The van der Waals surface area contributed by atoms with Gasteiger partial charge in [0.1, 0.15) is 6.04 Å². The summed E-state index contributed by atoms with van der Waals surface area (Å²) in [5.41, 5.74) is 6.77. The zero-order chi connectivity index (χ0) is 37.7. The van der Waals surface area contributed by atoms with Crippen LogP contribution >= 0.6 is 0 Å². The Labute approximate surface area is 308 Å². The topological polar surface area (TPSA) is 98.0 Å². The van der Waals surface area contributed by atoms with Crippen molar-refractivity contribution in [2.45, 2.75) is 136 Å². The first kappa shape index (κ1) is 35.8. The van der Waals surface area contributed by atoms with Gasteiger partial charge in [-0.2, -0.15) is 0 Å². The van der Waals surface area contributed by atoms with Crippen LogP contribution in [0.1, 0.15) is 139 Å². The molecule has 7 heteroatoms. The largest absolute Gasteiger partial charge is 0.469 e. The number of hydrogen-bond acceptors (Lipinski definition) is 6. The zero-order valence-corrected chi connectivity index (χ0v) is 32.8. The fourth-order valence-corrected chi connectivity index (χ4v) is 12.9. The molecule has 7 nitrogen and oxygen atoms in total. The third-order valence-electron chi connectivity index (χ3n) is 15.1. The van der Waals surface area contributed by atoms with E-state index in [1.165, 1.54) is 18.4 Å². The molecule has 0 spiro atoms. The number of ketones is 1. The van der Waals surface area contributed by atoms with E-state index in [2.05, 4.69) is 77.8 Å². The molecule has 5 unspecified atom stereocenters. The highest BCUT2D eigenvalue weighted by Crippen LogP contribution is 2.71. The van der Waals surface area contributed by atoms with Gasteiger partial charge >= 0.3 is 5.97 Å². The van der Waals surface area contributed by atoms with Crippen LogP contribution in [-0.2, 0) is 26.1 Å². The fraction of sp³-hybridized carbons (Fsp3) is 0.600. The summed E-state index contributed by atoms with van der Waals surface area (Å²) < 4.78 is 13.8. The number of nitrogens with zero attached hydrogens (tertiary/aromatic N) is 1. The first-order valence-electron chi connectivity index (χ1n) is 19.4. The molecule has 2 aliphatic heterocycles. The number of ether oxygens (including phenoxy) is 2. The summed E-state index contributed by atoms with van der Waals surface area (Å²) in [5.74, 6) is 0.0932. The second-order valence-corrected chi connectivity index (χ2v) is 18.9. The normalized spacial score (nSPS) is 38.1. The Kier molecular flexibility index (Phi) is 7.66. The molecule has 3 heterocycles. The average molecular weight is 708 g/mol. The predicted octanol–water partition coefficient (Wildman–Crippen LogP) is 8.66. The minimum absolute atomic E-state index is 0.0361. The molecule has 2 aromatic rings. The van der Waals surface area contributed by atoms with Gasteiger partial charge in [-0.3, -0.25) is 9.59 Å². The minimum atomic E-state index is -0.852. The van der Waals surface area contributed by atoms with Crippen molar-refractivity contribution in [1.29, 1.82) is 0 Å². The third-order valence-corrected chi connectivity index (χ3v) is 15.1. The summed E-state index contributed by atoms with van der Waals surface area (Å²) in [6.45, 7) is 23.7. The van der Waals surface area contributed by atoms with E-state index >= 15 is 0 Å². The Morgan fingerprint density at radius 2 is 1.81 bits per heavy atom. The number of carbonyl (C=O) groups is 2. The second-order valence-electron chi connectivity index (χ2n) is 18.9. The smallest absolute Gasteiger partial charge is 0.309 e. The molecular weight excluding hydrogens is 650 g/mol. The van der Waals surface area contributed by atoms with E-state index in [1.807, 2.05) is 26.0 Å². The molecular formula is C45H57NO6. The number of aliphatic hydroxyl groups excluding tert-OH is 2. The minimum Gasteiger partial charge on any atom is -0.469 e. The van der Waals surface area contributed by atoms with Crippen LogP contribution in [0.4, 0.5) is 0 Å². The van der Waals surface area contributed by atoms with Crippen molar-refractivity contribution in [3.8, 4) is 0 Å². The average Bonchev–Trinajstić information content (AvgIpc) is 3.71. The number of Topliss-reactive ketones (excluding diaryl/α,β-unsaturated/α-hetero) is 1. The van der Waals surface area contributed by atoms with Crippen LogP contribution in [0.25, 0.3) is 16.5 Å². The van der Waals surface area contributed by atoms with Crippen molar-refractivity contribution in [1.82, 2.24) is 4.57 Å². The summed E-state index contributed by atoms with van der Waals surface area (Å²) in [4.78, 5) is 26.8. The number of benzene rings is 1. The van der Waals surface area contributed by atoms with Crippen molar-refractivity contribution >= 4 is 28.2 Å². The fourth-order valence-electron chi connectivity index (χ4n) is 12.9. The molecule has 2 saturated carbocycles. The lowest BCUT2D eigenvalue weighted by Gasteiger charge is -2.64. The second kappa shape index (κ2) is 11.1. The number of aromatic nitrogens is 1. The lowest BCUT2D eigenvalue weighted by molar-refractivity contribution is -0.144. The van der Waals surface area contributed by atoms with Crippen molar-refractivity contribution < 1.29 is 29.3 Å². The van der Waals surface area contributed by atoms with E-state index < -0.39 is 34.9 Å². The van der Waals surface area contributed by atoms with E-state index in [0.29, 0.717) is 17.9 Å². The van der Waals surface area contributed by atoms with Gasteiger partial charge in [0.05, 0.1) is 48.0 Å². The number of aliphatic hydroxyl groups is 2. The number of rotatable bonds is 5. The van der Waals surface area contributed by atoms with Crippen molar-refractivity contribution in [2.24, 2.45) is 28.6 Å². The van der Waals surface area contributed by atoms with E-state index in [0.717, 1.165) is 64.4 Å². The monoisotopic (exact) mass is 707 g/mol. The van der Waals surface area contributed by atoms with Gasteiger partial charge < -0.3 is 24.3 Å². The van der Waals surface area contributed by atoms with E-state index in [9.17, 15) is 19.8 Å². The van der Waals surface area contributed by atoms with Crippen LogP contribution in [0.15, 0.2) is 48.1 Å². The molecule has 0 amide bonds. The van der Waals surface area contributed by atoms with Crippen LogP contribution in [0.2, 0.25) is 0 Å². The quantitative estimate of drug-likeness (QED) is 0.183.